The van der Waals surface area contributed by atoms with E-state index in [2.05, 4.69) is 20.8 Å². The molecule has 35 heavy (non-hydrogen) atoms. The van der Waals surface area contributed by atoms with Gasteiger partial charge in [0.2, 0.25) is 0 Å². The van der Waals surface area contributed by atoms with Crippen molar-refractivity contribution in [1.82, 2.24) is 14.7 Å². The number of hydrogen-bond acceptors (Lipinski definition) is 4. The molecule has 0 spiro atoms. The normalized spacial score (nSPS) is 19.5. The summed E-state index contributed by atoms with van der Waals surface area (Å²) in [5.41, 5.74) is 2.40. The van der Waals surface area contributed by atoms with Crippen molar-refractivity contribution in [3.63, 3.8) is 0 Å². The van der Waals surface area contributed by atoms with Crippen LogP contribution in [-0.4, -0.2) is 45.2 Å². The zero-order valence-electron chi connectivity index (χ0n) is 22.7. The molecule has 1 fully saturated rings. The van der Waals surface area contributed by atoms with Crippen LogP contribution >= 0.6 is 0 Å². The molecule has 4 rings (SSSR count). The van der Waals surface area contributed by atoms with Gasteiger partial charge in [0.1, 0.15) is 11.1 Å². The maximum absolute atomic E-state index is 12.9. The van der Waals surface area contributed by atoms with Crippen LogP contribution in [0.15, 0.2) is 48.7 Å². The van der Waals surface area contributed by atoms with Gasteiger partial charge in [-0.25, -0.2) is 9.48 Å². The van der Waals surface area contributed by atoms with Crippen molar-refractivity contribution in [3.8, 4) is 5.69 Å². The topological polar surface area (TPSA) is 64.4 Å². The standard InChI is InChI=1S/C29H37N3O3/c1-28(2,3)17-25(33)24-11-7-9-22-19-32(30-26(22)24)23-14-12-20(13-15-23)21-10-8-16-31(18-21)27(34)35-29(4,5)6/h7,9,11-15,19,21H,8,10,16-18H2,1-6H3/i21D. The highest BCUT2D eigenvalue weighted by atomic mass is 16.6. The van der Waals surface area contributed by atoms with E-state index in [1.807, 2.05) is 69.4 Å². The molecule has 1 unspecified atom stereocenters. The minimum atomic E-state index is -0.894. The first-order chi connectivity index (χ1) is 16.7. The summed E-state index contributed by atoms with van der Waals surface area (Å²) in [4.78, 5) is 27.2. The Kier molecular flexibility index (Phi) is 6.39. The van der Waals surface area contributed by atoms with Crippen molar-refractivity contribution in [2.45, 2.75) is 72.3 Å². The first-order valence-electron chi connectivity index (χ1n) is 12.8. The predicted octanol–water partition coefficient (Wildman–Crippen LogP) is 6.76. The molecule has 0 saturated carbocycles. The highest BCUT2D eigenvalue weighted by Gasteiger charge is 2.28. The Morgan fingerprint density at radius 1 is 1.09 bits per heavy atom. The van der Waals surface area contributed by atoms with E-state index >= 15 is 0 Å². The number of amides is 1. The average molecular weight is 477 g/mol. The number of benzene rings is 2. The number of ether oxygens (including phenoxy) is 1. The molecule has 1 atom stereocenters. The number of nitrogens with zero attached hydrogens (tertiary/aromatic N) is 3. The van der Waals surface area contributed by atoms with Crippen LogP contribution in [0, 0.1) is 5.41 Å². The second-order valence-corrected chi connectivity index (χ2v) is 11.6. The molecule has 6 nitrogen and oxygen atoms in total. The lowest BCUT2D eigenvalue weighted by Crippen LogP contribution is -2.42. The van der Waals surface area contributed by atoms with E-state index in [4.69, 9.17) is 11.2 Å². The van der Waals surface area contributed by atoms with Gasteiger partial charge in [-0.1, -0.05) is 45.0 Å². The van der Waals surface area contributed by atoms with Gasteiger partial charge >= 0.3 is 6.09 Å². The number of rotatable bonds is 4. The molecule has 1 aliphatic rings. The van der Waals surface area contributed by atoms with E-state index in [1.165, 1.54) is 0 Å². The van der Waals surface area contributed by atoms with Crippen molar-refractivity contribution in [2.75, 3.05) is 13.1 Å². The van der Waals surface area contributed by atoms with E-state index in [0.29, 0.717) is 37.0 Å². The Morgan fingerprint density at radius 3 is 2.46 bits per heavy atom. The van der Waals surface area contributed by atoms with Gasteiger partial charge in [-0.05, 0) is 62.8 Å². The number of fused-ring (bicyclic) bond motifs is 1. The third kappa shape index (κ3) is 6.11. The quantitative estimate of drug-likeness (QED) is 0.390. The number of likely N-dealkylation sites (tertiary alicyclic amines) is 1. The molecular weight excluding hydrogens is 438 g/mol. The van der Waals surface area contributed by atoms with Gasteiger partial charge in [0.15, 0.2) is 5.78 Å². The van der Waals surface area contributed by atoms with Crippen molar-refractivity contribution < 1.29 is 15.7 Å². The summed E-state index contributed by atoms with van der Waals surface area (Å²) < 4.78 is 16.4. The summed E-state index contributed by atoms with van der Waals surface area (Å²) in [6.07, 6.45) is 3.45. The molecule has 1 aliphatic heterocycles. The van der Waals surface area contributed by atoms with Crippen LogP contribution in [0.1, 0.15) is 84.0 Å². The molecule has 1 aromatic heterocycles. The van der Waals surface area contributed by atoms with Crippen LogP contribution in [0.4, 0.5) is 4.79 Å². The molecule has 0 bridgehead atoms. The molecule has 6 heteroatoms. The molecular formula is C29H37N3O3. The largest absolute Gasteiger partial charge is 0.444 e. The number of carbonyl (C=O) groups is 2. The Labute approximate surface area is 209 Å². The fourth-order valence-electron chi connectivity index (χ4n) is 4.42. The number of piperidine rings is 1. The molecule has 1 amide bonds. The monoisotopic (exact) mass is 476 g/mol. The van der Waals surface area contributed by atoms with E-state index < -0.39 is 11.5 Å². The second kappa shape index (κ2) is 9.48. The molecule has 1 saturated heterocycles. The number of hydrogen-bond donors (Lipinski definition) is 0. The highest BCUT2D eigenvalue weighted by Crippen LogP contribution is 2.30. The molecule has 0 radical (unpaired) electrons. The number of ketones is 1. The Bertz CT molecular complexity index is 1270. The Balaban J connectivity index is 1.56. The lowest BCUT2D eigenvalue weighted by atomic mass is 9.87. The molecule has 2 aromatic carbocycles. The second-order valence-electron chi connectivity index (χ2n) is 11.6. The van der Waals surface area contributed by atoms with Crippen LogP contribution in [-0.2, 0) is 4.74 Å². The summed E-state index contributed by atoms with van der Waals surface area (Å²) in [6, 6.07) is 13.5. The smallest absolute Gasteiger partial charge is 0.410 e. The van der Waals surface area contributed by atoms with Crippen molar-refractivity contribution in [1.29, 1.82) is 0 Å². The molecule has 3 aromatic rings. The molecule has 0 N–H and O–H groups in total. The fourth-order valence-corrected chi connectivity index (χ4v) is 4.42. The molecule has 0 aliphatic carbocycles. The molecule has 2 heterocycles. The van der Waals surface area contributed by atoms with Crippen molar-refractivity contribution in [2.24, 2.45) is 5.41 Å². The minimum absolute atomic E-state index is 0.0942. The van der Waals surface area contributed by atoms with Crippen LogP contribution < -0.4 is 0 Å². The summed E-state index contributed by atoms with van der Waals surface area (Å²) in [7, 11) is 0. The fraction of sp³-hybridized carbons (Fsp3) is 0.483. The summed E-state index contributed by atoms with van der Waals surface area (Å²) in [5, 5.41) is 5.66. The highest BCUT2D eigenvalue weighted by molar-refractivity contribution is 6.06. The molecule has 186 valence electrons. The SMILES string of the molecule is [2H]C1(c2ccc(-n3cc4cccc(C(=O)CC(C)(C)C)c4n3)cc2)CCCN(C(=O)OC(C)(C)C)C1. The first kappa shape index (κ1) is 23.6. The lowest BCUT2D eigenvalue weighted by Gasteiger charge is -2.34. The van der Waals surface area contributed by atoms with Crippen molar-refractivity contribution >= 4 is 22.8 Å². The van der Waals surface area contributed by atoms with E-state index in [9.17, 15) is 9.59 Å². The van der Waals surface area contributed by atoms with Crippen LogP contribution in [0.25, 0.3) is 16.6 Å². The van der Waals surface area contributed by atoms with Gasteiger partial charge in [0.05, 0.1) is 5.69 Å². The predicted molar refractivity (Wildman–Crippen MR) is 139 cm³/mol. The maximum atomic E-state index is 12.9. The first-order valence-corrected chi connectivity index (χ1v) is 12.3. The third-order valence-electron chi connectivity index (χ3n) is 6.01. The Hall–Kier alpha value is -3.15. The number of carbonyl (C=O) groups excluding carboxylic acids is 2. The maximum Gasteiger partial charge on any atom is 0.410 e. The van der Waals surface area contributed by atoms with Crippen LogP contribution in [0.5, 0.6) is 0 Å². The van der Waals surface area contributed by atoms with Gasteiger partial charge in [0, 0.05) is 43.9 Å². The van der Waals surface area contributed by atoms with Gasteiger partial charge in [-0.15, -0.1) is 0 Å². The van der Waals surface area contributed by atoms with Crippen molar-refractivity contribution in [3.05, 3.63) is 59.8 Å². The van der Waals surface area contributed by atoms with Gasteiger partial charge < -0.3 is 9.64 Å². The van der Waals surface area contributed by atoms with Crippen LogP contribution in [0.2, 0.25) is 0 Å². The van der Waals surface area contributed by atoms with E-state index in [0.717, 1.165) is 23.1 Å². The minimum Gasteiger partial charge on any atom is -0.444 e. The average Bonchev–Trinajstić information content (AvgIpc) is 3.21. The Morgan fingerprint density at radius 2 is 1.80 bits per heavy atom. The zero-order chi connectivity index (χ0) is 26.3. The van der Waals surface area contributed by atoms with Gasteiger partial charge in [-0.3, -0.25) is 4.79 Å². The summed E-state index contributed by atoms with van der Waals surface area (Å²) in [6.45, 7) is 12.6. The van der Waals surface area contributed by atoms with Gasteiger partial charge in [0.25, 0.3) is 0 Å². The summed E-state index contributed by atoms with van der Waals surface area (Å²) in [5.74, 6) is -0.800. The zero-order valence-corrected chi connectivity index (χ0v) is 21.7. The number of aromatic nitrogens is 2. The van der Waals surface area contributed by atoms with Crippen LogP contribution in [0.3, 0.4) is 0 Å². The number of Topliss-reactive ketones (excluding diaryl/α,β-unsaturated/α-hetero) is 1. The third-order valence-corrected chi connectivity index (χ3v) is 6.01. The summed E-state index contributed by atoms with van der Waals surface area (Å²) >= 11 is 0. The van der Waals surface area contributed by atoms with E-state index in [1.54, 1.807) is 9.58 Å². The van der Waals surface area contributed by atoms with E-state index in [-0.39, 0.29) is 17.3 Å². The lowest BCUT2D eigenvalue weighted by molar-refractivity contribution is 0.0198. The van der Waals surface area contributed by atoms with Gasteiger partial charge in [-0.2, -0.15) is 5.10 Å².